The lowest BCUT2D eigenvalue weighted by Gasteiger charge is -2.35. The van der Waals surface area contributed by atoms with E-state index in [1.54, 1.807) is 29.2 Å². The maximum Gasteiger partial charge on any atom is 0.244 e. The van der Waals surface area contributed by atoms with Gasteiger partial charge in [0.05, 0.1) is 18.6 Å². The molecule has 2 amide bonds. The molecule has 1 aliphatic rings. The Morgan fingerprint density at radius 1 is 0.930 bits per heavy atom. The zero-order valence-corrected chi connectivity index (χ0v) is 26.2. The van der Waals surface area contributed by atoms with Gasteiger partial charge in [-0.25, -0.2) is 8.42 Å². The zero-order chi connectivity index (χ0) is 30.8. The van der Waals surface area contributed by atoms with Gasteiger partial charge in [0.1, 0.15) is 18.3 Å². The fourth-order valence-corrected chi connectivity index (χ4v) is 6.41. The van der Waals surface area contributed by atoms with Gasteiger partial charge in [-0.1, -0.05) is 73.9 Å². The summed E-state index contributed by atoms with van der Waals surface area (Å²) in [6.45, 7) is 4.04. The summed E-state index contributed by atoms with van der Waals surface area (Å²) in [5, 5.41) is 3.23. The number of sulfonamides is 1. The fraction of sp³-hybridized carbons (Fsp3) is 0.412. The van der Waals surface area contributed by atoms with Crippen molar-refractivity contribution in [2.45, 2.75) is 71.0 Å². The molecule has 1 atom stereocenters. The summed E-state index contributed by atoms with van der Waals surface area (Å²) in [5.74, 6) is -0.0681. The number of amides is 2. The normalized spacial score (nSPS) is 14.5. The Morgan fingerprint density at radius 2 is 1.58 bits per heavy atom. The van der Waals surface area contributed by atoms with Crippen LogP contribution in [0.4, 0.5) is 5.69 Å². The van der Waals surface area contributed by atoms with Crippen LogP contribution in [0.1, 0.15) is 55.7 Å². The summed E-state index contributed by atoms with van der Waals surface area (Å²) in [6.07, 6.45) is 6.49. The number of aryl methyl sites for hydroxylation is 1. The van der Waals surface area contributed by atoms with Crippen LogP contribution in [0.15, 0.2) is 78.9 Å². The molecular formula is C34H43N3O5S. The second-order valence-corrected chi connectivity index (χ2v) is 13.1. The maximum atomic E-state index is 14.3. The first-order valence-electron chi connectivity index (χ1n) is 15.0. The zero-order valence-electron chi connectivity index (χ0n) is 25.4. The molecule has 0 spiro atoms. The molecule has 3 aromatic carbocycles. The summed E-state index contributed by atoms with van der Waals surface area (Å²) in [5.41, 5.74) is 3.14. The molecule has 1 fully saturated rings. The Balaban J connectivity index is 1.71. The van der Waals surface area contributed by atoms with Gasteiger partial charge >= 0.3 is 0 Å². The van der Waals surface area contributed by atoms with Crippen molar-refractivity contribution >= 4 is 27.5 Å². The standard InChI is InChI=1S/C34H43N3O5S/c1-4-42-31-21-19-30(20-22-31)37(43(3,40)41)25-33(38)36(24-28-16-12-11-13-26(28)2)32(23-27-14-7-5-8-15-27)34(39)35-29-17-9-6-10-18-29/h5,7-8,11-16,19-22,29,32H,4,6,9-10,17-18,23-25H2,1-3H3,(H,35,39)/t32-/m0/s1. The topological polar surface area (TPSA) is 96.0 Å². The minimum Gasteiger partial charge on any atom is -0.494 e. The minimum atomic E-state index is -3.84. The van der Waals surface area contributed by atoms with Crippen LogP contribution in [0.3, 0.4) is 0 Å². The van der Waals surface area contributed by atoms with Crippen LogP contribution in [0.2, 0.25) is 0 Å². The molecule has 0 bridgehead atoms. The van der Waals surface area contributed by atoms with Crippen molar-refractivity contribution in [2.75, 3.05) is 23.7 Å². The molecule has 0 aromatic heterocycles. The van der Waals surface area contributed by atoms with Crippen LogP contribution in [0.5, 0.6) is 5.75 Å². The molecule has 8 nitrogen and oxygen atoms in total. The van der Waals surface area contributed by atoms with Gasteiger partial charge in [-0.2, -0.15) is 0 Å². The summed E-state index contributed by atoms with van der Waals surface area (Å²) >= 11 is 0. The second-order valence-electron chi connectivity index (χ2n) is 11.2. The third-order valence-electron chi connectivity index (χ3n) is 7.94. The SMILES string of the molecule is CCOc1ccc(N(CC(=O)N(Cc2ccccc2C)[C@@H](Cc2ccccc2)C(=O)NC2CCCCC2)S(C)(=O)=O)cc1. The van der Waals surface area contributed by atoms with E-state index >= 15 is 0 Å². The van der Waals surface area contributed by atoms with Crippen molar-refractivity contribution in [3.8, 4) is 5.75 Å². The fourth-order valence-electron chi connectivity index (χ4n) is 5.56. The number of hydrogen-bond acceptors (Lipinski definition) is 5. The lowest BCUT2D eigenvalue weighted by atomic mass is 9.94. The van der Waals surface area contributed by atoms with Crippen molar-refractivity contribution in [1.29, 1.82) is 0 Å². The van der Waals surface area contributed by atoms with E-state index in [2.05, 4.69) is 5.32 Å². The average molecular weight is 606 g/mol. The molecule has 0 unspecified atom stereocenters. The van der Waals surface area contributed by atoms with E-state index in [0.717, 1.165) is 59.4 Å². The predicted octanol–water partition coefficient (Wildman–Crippen LogP) is 5.25. The molecule has 0 aliphatic heterocycles. The number of anilines is 1. The highest BCUT2D eigenvalue weighted by molar-refractivity contribution is 7.92. The van der Waals surface area contributed by atoms with E-state index in [-0.39, 0.29) is 18.5 Å². The molecule has 1 N–H and O–H groups in total. The van der Waals surface area contributed by atoms with Crippen molar-refractivity contribution in [2.24, 2.45) is 0 Å². The van der Waals surface area contributed by atoms with Crippen LogP contribution in [-0.2, 0) is 32.6 Å². The van der Waals surface area contributed by atoms with Crippen molar-refractivity contribution in [3.05, 3.63) is 95.6 Å². The summed E-state index contributed by atoms with van der Waals surface area (Å²) in [7, 11) is -3.84. The van der Waals surface area contributed by atoms with Crippen LogP contribution in [0.25, 0.3) is 0 Å². The summed E-state index contributed by atoms with van der Waals surface area (Å²) in [6, 6.07) is 23.2. The van der Waals surface area contributed by atoms with Gasteiger partial charge in [0.2, 0.25) is 21.8 Å². The van der Waals surface area contributed by atoms with Gasteiger partial charge in [-0.05, 0) is 67.6 Å². The maximum absolute atomic E-state index is 14.3. The molecule has 43 heavy (non-hydrogen) atoms. The first-order valence-corrected chi connectivity index (χ1v) is 16.9. The highest BCUT2D eigenvalue weighted by Crippen LogP contribution is 2.24. The highest BCUT2D eigenvalue weighted by Gasteiger charge is 2.34. The van der Waals surface area contributed by atoms with E-state index in [1.807, 2.05) is 68.4 Å². The predicted molar refractivity (Wildman–Crippen MR) is 170 cm³/mol. The number of nitrogens with zero attached hydrogens (tertiary/aromatic N) is 2. The number of benzene rings is 3. The number of hydrogen-bond donors (Lipinski definition) is 1. The van der Waals surface area contributed by atoms with Gasteiger partial charge in [-0.15, -0.1) is 0 Å². The Labute approximate surface area is 256 Å². The van der Waals surface area contributed by atoms with E-state index in [1.165, 1.54) is 0 Å². The molecule has 4 rings (SSSR count). The molecule has 1 aliphatic carbocycles. The molecular weight excluding hydrogens is 562 g/mol. The minimum absolute atomic E-state index is 0.0614. The molecule has 3 aromatic rings. The Kier molecular flexibility index (Phi) is 11.2. The Bertz CT molecular complexity index is 1450. The van der Waals surface area contributed by atoms with E-state index in [4.69, 9.17) is 4.74 Å². The molecule has 0 radical (unpaired) electrons. The lowest BCUT2D eigenvalue weighted by Crippen LogP contribution is -2.55. The largest absolute Gasteiger partial charge is 0.494 e. The first kappa shape index (κ1) is 32.1. The van der Waals surface area contributed by atoms with E-state index in [0.29, 0.717) is 24.5 Å². The van der Waals surface area contributed by atoms with Crippen molar-refractivity contribution in [3.63, 3.8) is 0 Å². The van der Waals surface area contributed by atoms with Crippen molar-refractivity contribution in [1.82, 2.24) is 10.2 Å². The molecule has 1 saturated carbocycles. The number of rotatable bonds is 13. The number of ether oxygens (including phenoxy) is 1. The molecule has 9 heteroatoms. The van der Waals surface area contributed by atoms with Crippen molar-refractivity contribution < 1.29 is 22.7 Å². The van der Waals surface area contributed by atoms with Crippen LogP contribution >= 0.6 is 0 Å². The van der Waals surface area contributed by atoms with Gasteiger partial charge in [-0.3, -0.25) is 13.9 Å². The van der Waals surface area contributed by atoms with Crippen LogP contribution < -0.4 is 14.4 Å². The van der Waals surface area contributed by atoms with Gasteiger partial charge in [0, 0.05) is 19.0 Å². The Morgan fingerprint density at radius 3 is 2.21 bits per heavy atom. The number of nitrogens with one attached hydrogen (secondary N) is 1. The smallest absolute Gasteiger partial charge is 0.244 e. The Hall–Kier alpha value is -3.85. The third-order valence-corrected chi connectivity index (χ3v) is 9.08. The molecule has 0 saturated heterocycles. The van der Waals surface area contributed by atoms with Gasteiger partial charge < -0.3 is 15.0 Å². The van der Waals surface area contributed by atoms with Gasteiger partial charge in [0.25, 0.3) is 0 Å². The van der Waals surface area contributed by atoms with E-state index in [9.17, 15) is 18.0 Å². The number of carbonyl (C=O) groups is 2. The van der Waals surface area contributed by atoms with Crippen LogP contribution in [0, 0.1) is 6.92 Å². The quantitative estimate of drug-likeness (QED) is 0.287. The molecule has 230 valence electrons. The summed E-state index contributed by atoms with van der Waals surface area (Å²) < 4.78 is 32.6. The third kappa shape index (κ3) is 9.07. The lowest BCUT2D eigenvalue weighted by molar-refractivity contribution is -0.140. The van der Waals surface area contributed by atoms with Gasteiger partial charge in [0.15, 0.2) is 0 Å². The second kappa shape index (κ2) is 15.0. The molecule has 0 heterocycles. The number of carbonyl (C=O) groups excluding carboxylic acids is 2. The first-order chi connectivity index (χ1) is 20.7. The van der Waals surface area contributed by atoms with Crippen LogP contribution in [-0.4, -0.2) is 56.6 Å². The average Bonchev–Trinajstić information content (AvgIpc) is 2.99. The monoisotopic (exact) mass is 605 g/mol. The summed E-state index contributed by atoms with van der Waals surface area (Å²) in [4.78, 5) is 29.9. The van der Waals surface area contributed by atoms with E-state index < -0.39 is 28.5 Å². The highest BCUT2D eigenvalue weighted by atomic mass is 32.2.